The molecule has 3 aromatic carbocycles. The van der Waals surface area contributed by atoms with Gasteiger partial charge in [0.15, 0.2) is 5.13 Å². The summed E-state index contributed by atoms with van der Waals surface area (Å²) in [5.41, 5.74) is 4.10. The number of fused-ring (bicyclic) bond motifs is 1. The molecule has 1 amide bonds. The summed E-state index contributed by atoms with van der Waals surface area (Å²) in [6.07, 6.45) is 0.884. The standard InChI is InChI=1S/C29H26N2O4S/c1-4-14-35-21-12-10-19(11-13-21)25-23(26(32)20-8-6-5-7-9-20)27(33)28(34)31(25)29-30-24-18(3)15-17(2)16-22(24)36-29/h5-13,15-16,25,32H,4,14H2,1-3H3/b26-23+/t25-/m0/s1. The van der Waals surface area contributed by atoms with E-state index in [4.69, 9.17) is 9.72 Å². The summed E-state index contributed by atoms with van der Waals surface area (Å²) in [4.78, 5) is 33.0. The van der Waals surface area contributed by atoms with Crippen molar-refractivity contribution in [3.05, 3.63) is 94.6 Å². The Labute approximate surface area is 213 Å². The quantitative estimate of drug-likeness (QED) is 0.191. The maximum Gasteiger partial charge on any atom is 0.301 e. The van der Waals surface area contributed by atoms with Crippen LogP contribution in [-0.4, -0.2) is 28.4 Å². The maximum atomic E-state index is 13.4. The molecule has 1 aromatic heterocycles. The fraction of sp³-hybridized carbons (Fsp3) is 0.207. The molecular formula is C29H26N2O4S. The summed E-state index contributed by atoms with van der Waals surface area (Å²) < 4.78 is 6.65. The Morgan fingerprint density at radius 3 is 2.47 bits per heavy atom. The number of carbonyl (C=O) groups excluding carboxylic acids is 2. The lowest BCUT2D eigenvalue weighted by molar-refractivity contribution is -0.132. The topological polar surface area (TPSA) is 79.7 Å². The molecule has 1 N–H and O–H groups in total. The van der Waals surface area contributed by atoms with Crippen molar-refractivity contribution in [2.24, 2.45) is 0 Å². The van der Waals surface area contributed by atoms with E-state index in [0.29, 0.717) is 28.6 Å². The molecule has 4 aromatic rings. The number of hydrogen-bond acceptors (Lipinski definition) is 6. The zero-order chi connectivity index (χ0) is 25.4. The maximum absolute atomic E-state index is 13.4. The molecule has 0 bridgehead atoms. The van der Waals surface area contributed by atoms with Crippen LogP contribution in [0, 0.1) is 13.8 Å². The minimum absolute atomic E-state index is 0.0422. The van der Waals surface area contributed by atoms with Gasteiger partial charge < -0.3 is 9.84 Å². The van der Waals surface area contributed by atoms with Crippen LogP contribution in [0.1, 0.15) is 41.6 Å². The number of carbonyl (C=O) groups is 2. The van der Waals surface area contributed by atoms with E-state index in [1.165, 1.54) is 16.2 Å². The van der Waals surface area contributed by atoms with Crippen molar-refractivity contribution in [3.63, 3.8) is 0 Å². The largest absolute Gasteiger partial charge is 0.507 e. The lowest BCUT2D eigenvalue weighted by atomic mass is 9.95. The van der Waals surface area contributed by atoms with Crippen LogP contribution in [0.4, 0.5) is 5.13 Å². The van der Waals surface area contributed by atoms with Crippen LogP contribution in [-0.2, 0) is 9.59 Å². The number of Topliss-reactive ketones (excluding diaryl/α,β-unsaturated/α-hetero) is 1. The van der Waals surface area contributed by atoms with Gasteiger partial charge in [-0.15, -0.1) is 0 Å². The molecule has 6 nitrogen and oxygen atoms in total. The molecule has 0 spiro atoms. The highest BCUT2D eigenvalue weighted by Gasteiger charge is 2.48. The highest BCUT2D eigenvalue weighted by Crippen LogP contribution is 2.45. The third-order valence-electron chi connectivity index (χ3n) is 6.18. The van der Waals surface area contributed by atoms with Crippen molar-refractivity contribution < 1.29 is 19.4 Å². The Hall–Kier alpha value is -3.97. The third kappa shape index (κ3) is 4.16. The Morgan fingerprint density at radius 2 is 1.78 bits per heavy atom. The first-order chi connectivity index (χ1) is 17.4. The summed E-state index contributed by atoms with van der Waals surface area (Å²) >= 11 is 1.36. The normalized spacial score (nSPS) is 17.2. The number of nitrogens with zero attached hydrogens (tertiary/aromatic N) is 2. The average molecular weight is 499 g/mol. The second-order valence-electron chi connectivity index (χ2n) is 8.88. The number of benzene rings is 3. The van der Waals surface area contributed by atoms with Crippen molar-refractivity contribution >= 4 is 44.1 Å². The predicted octanol–water partition coefficient (Wildman–Crippen LogP) is 6.33. The lowest BCUT2D eigenvalue weighted by Crippen LogP contribution is -2.29. The first-order valence-electron chi connectivity index (χ1n) is 11.9. The minimum atomic E-state index is -0.826. The molecule has 1 aliphatic heterocycles. The van der Waals surface area contributed by atoms with Gasteiger partial charge in [-0.25, -0.2) is 4.98 Å². The van der Waals surface area contributed by atoms with Crippen LogP contribution in [0.3, 0.4) is 0 Å². The van der Waals surface area contributed by atoms with Crippen molar-refractivity contribution in [1.29, 1.82) is 0 Å². The van der Waals surface area contributed by atoms with Gasteiger partial charge in [-0.1, -0.05) is 66.8 Å². The summed E-state index contributed by atoms with van der Waals surface area (Å²) in [5.74, 6) is -0.954. The Balaban J connectivity index is 1.69. The molecule has 182 valence electrons. The molecule has 5 rings (SSSR count). The molecular weight excluding hydrogens is 472 g/mol. The van der Waals surface area contributed by atoms with Crippen molar-refractivity contribution in [1.82, 2.24) is 4.98 Å². The Morgan fingerprint density at radius 1 is 1.06 bits per heavy atom. The summed E-state index contributed by atoms with van der Waals surface area (Å²) in [7, 11) is 0. The number of thiazole rings is 1. The molecule has 0 unspecified atom stereocenters. The van der Waals surface area contributed by atoms with Crippen LogP contribution < -0.4 is 9.64 Å². The Bertz CT molecular complexity index is 1490. The van der Waals surface area contributed by atoms with E-state index >= 15 is 0 Å². The molecule has 36 heavy (non-hydrogen) atoms. The van der Waals surface area contributed by atoms with E-state index < -0.39 is 17.7 Å². The van der Waals surface area contributed by atoms with Crippen LogP contribution in [0.25, 0.3) is 16.0 Å². The van der Waals surface area contributed by atoms with Gasteiger partial charge in [0.2, 0.25) is 0 Å². The van der Waals surface area contributed by atoms with Gasteiger partial charge in [-0.3, -0.25) is 14.5 Å². The molecule has 1 fully saturated rings. The third-order valence-corrected chi connectivity index (χ3v) is 7.19. The summed E-state index contributed by atoms with van der Waals surface area (Å²) in [6, 6.07) is 19.3. The van der Waals surface area contributed by atoms with Crippen LogP contribution in [0.15, 0.2) is 72.3 Å². The molecule has 1 aliphatic rings. The van der Waals surface area contributed by atoms with Gasteiger partial charge in [0.05, 0.1) is 28.4 Å². The predicted molar refractivity (Wildman–Crippen MR) is 143 cm³/mol. The molecule has 0 radical (unpaired) electrons. The number of aliphatic hydroxyl groups excluding tert-OH is 1. The number of ketones is 1. The number of rotatable bonds is 6. The van der Waals surface area contributed by atoms with Crippen molar-refractivity contribution in [2.45, 2.75) is 33.2 Å². The second-order valence-corrected chi connectivity index (χ2v) is 9.89. The Kier molecular flexibility index (Phi) is 6.33. The number of aromatic nitrogens is 1. The molecule has 0 saturated carbocycles. The van der Waals surface area contributed by atoms with Gasteiger partial charge >= 0.3 is 5.91 Å². The van der Waals surface area contributed by atoms with Gasteiger partial charge in [0.25, 0.3) is 5.78 Å². The number of hydrogen-bond donors (Lipinski definition) is 1. The summed E-state index contributed by atoms with van der Waals surface area (Å²) in [6.45, 7) is 6.62. The van der Waals surface area contributed by atoms with E-state index in [1.54, 1.807) is 24.3 Å². The van der Waals surface area contributed by atoms with Crippen LogP contribution >= 0.6 is 11.3 Å². The van der Waals surface area contributed by atoms with Crippen molar-refractivity contribution in [3.8, 4) is 5.75 Å². The number of anilines is 1. The fourth-order valence-corrected chi connectivity index (χ4v) is 5.69. The van der Waals surface area contributed by atoms with E-state index in [9.17, 15) is 14.7 Å². The SMILES string of the molecule is CCCOc1ccc([C@H]2/C(=C(\O)c3ccccc3)C(=O)C(=O)N2c2nc3c(C)cc(C)cc3s2)cc1. The zero-order valence-electron chi connectivity index (χ0n) is 20.3. The number of aryl methyl sites for hydroxylation is 2. The van der Waals surface area contributed by atoms with Gasteiger partial charge in [0, 0.05) is 5.56 Å². The average Bonchev–Trinajstić information content (AvgIpc) is 3.42. The number of ether oxygens (including phenoxy) is 1. The molecule has 7 heteroatoms. The second kappa shape index (κ2) is 9.59. The lowest BCUT2D eigenvalue weighted by Gasteiger charge is -2.23. The molecule has 1 saturated heterocycles. The molecule has 2 heterocycles. The van der Waals surface area contributed by atoms with Crippen molar-refractivity contribution in [2.75, 3.05) is 11.5 Å². The minimum Gasteiger partial charge on any atom is -0.507 e. The van der Waals surface area contributed by atoms with Gasteiger partial charge in [0.1, 0.15) is 11.5 Å². The molecule has 0 aliphatic carbocycles. The van der Waals surface area contributed by atoms with Crippen LogP contribution in [0.5, 0.6) is 5.75 Å². The van der Waals surface area contributed by atoms with E-state index in [-0.39, 0.29) is 11.3 Å². The van der Waals surface area contributed by atoms with Gasteiger partial charge in [-0.2, -0.15) is 0 Å². The van der Waals surface area contributed by atoms with Crippen LogP contribution in [0.2, 0.25) is 0 Å². The highest BCUT2D eigenvalue weighted by atomic mass is 32.1. The van der Waals surface area contributed by atoms with E-state index in [0.717, 1.165) is 27.8 Å². The molecule has 1 atom stereocenters. The first-order valence-corrected chi connectivity index (χ1v) is 12.7. The van der Waals surface area contributed by atoms with E-state index in [2.05, 4.69) is 0 Å². The van der Waals surface area contributed by atoms with Gasteiger partial charge in [-0.05, 0) is 55.2 Å². The highest BCUT2D eigenvalue weighted by molar-refractivity contribution is 7.22. The first kappa shape index (κ1) is 23.8. The fourth-order valence-electron chi connectivity index (χ4n) is 4.52. The monoisotopic (exact) mass is 498 g/mol. The smallest absolute Gasteiger partial charge is 0.301 e. The zero-order valence-corrected chi connectivity index (χ0v) is 21.1. The number of amides is 1. The summed E-state index contributed by atoms with van der Waals surface area (Å²) in [5, 5.41) is 11.7. The number of aliphatic hydroxyl groups is 1. The van der Waals surface area contributed by atoms with E-state index in [1.807, 2.05) is 63.2 Å².